The highest BCUT2D eigenvalue weighted by molar-refractivity contribution is 6.05. The van der Waals surface area contributed by atoms with Gasteiger partial charge < -0.3 is 25.0 Å². The van der Waals surface area contributed by atoms with Gasteiger partial charge in [0, 0.05) is 12.2 Å². The maximum atomic E-state index is 9.87. The second-order valence-electron chi connectivity index (χ2n) is 8.36. The molecule has 1 heterocycles. The monoisotopic (exact) mass is 466 g/mol. The van der Waals surface area contributed by atoms with E-state index in [2.05, 4.69) is 5.32 Å². The number of hydrogen-bond acceptors (Lipinski definition) is 6. The summed E-state index contributed by atoms with van der Waals surface area (Å²) in [7, 11) is 1.64. The molecule has 0 fully saturated rings. The van der Waals surface area contributed by atoms with E-state index in [9.17, 15) is 10.2 Å². The van der Waals surface area contributed by atoms with E-state index in [-0.39, 0.29) is 23.5 Å². The summed E-state index contributed by atoms with van der Waals surface area (Å²) in [4.78, 5) is 5.05. The predicted octanol–water partition coefficient (Wildman–Crippen LogP) is 6.09. The maximum Gasteiger partial charge on any atom is 0.145 e. The first-order valence-electron chi connectivity index (χ1n) is 11.4. The number of nitrogens with zero attached hydrogens (tertiary/aromatic N) is 1. The first kappa shape index (κ1) is 22.3. The molecule has 6 heteroatoms. The molecule has 4 aromatic carbocycles. The van der Waals surface area contributed by atoms with Gasteiger partial charge >= 0.3 is 0 Å². The van der Waals surface area contributed by atoms with Crippen molar-refractivity contribution < 1.29 is 19.7 Å². The molecule has 4 aromatic rings. The van der Waals surface area contributed by atoms with Crippen molar-refractivity contribution in [2.75, 3.05) is 19.0 Å². The summed E-state index contributed by atoms with van der Waals surface area (Å²) in [5.74, 6) is 1.68. The lowest BCUT2D eigenvalue weighted by Gasteiger charge is -2.28. The summed E-state index contributed by atoms with van der Waals surface area (Å²) < 4.78 is 11.9. The van der Waals surface area contributed by atoms with Crippen molar-refractivity contribution >= 4 is 17.1 Å². The van der Waals surface area contributed by atoms with E-state index < -0.39 is 0 Å². The van der Waals surface area contributed by atoms with Crippen molar-refractivity contribution in [2.24, 2.45) is 10.9 Å². The molecule has 0 radical (unpaired) electrons. The number of methoxy groups -OCH3 is 1. The fraction of sp³-hybridized carbons (Fsp3) is 0.138. The Morgan fingerprint density at radius 2 is 1.49 bits per heavy atom. The zero-order chi connectivity index (χ0) is 24.2. The molecule has 1 aliphatic rings. The zero-order valence-electron chi connectivity index (χ0n) is 19.3. The number of fused-ring (bicyclic) bond motifs is 1. The third-order valence-electron chi connectivity index (χ3n) is 6.08. The molecular formula is C29H26N2O4. The van der Waals surface area contributed by atoms with Gasteiger partial charge in [-0.05, 0) is 83.9 Å². The Morgan fingerprint density at radius 3 is 2.17 bits per heavy atom. The van der Waals surface area contributed by atoms with Gasteiger partial charge in [-0.25, -0.2) is 4.99 Å². The van der Waals surface area contributed by atoms with Crippen LogP contribution in [-0.4, -0.2) is 29.6 Å². The Labute approximate surface area is 204 Å². The summed E-state index contributed by atoms with van der Waals surface area (Å²) in [6.45, 7) is 0.533. The van der Waals surface area contributed by atoms with E-state index in [1.807, 2.05) is 72.8 Å². The van der Waals surface area contributed by atoms with Gasteiger partial charge in [0.15, 0.2) is 0 Å². The fourth-order valence-electron chi connectivity index (χ4n) is 4.24. The molecule has 0 spiro atoms. The van der Waals surface area contributed by atoms with Gasteiger partial charge in [-0.2, -0.15) is 0 Å². The molecule has 3 N–H and O–H groups in total. The van der Waals surface area contributed by atoms with Crippen LogP contribution in [0.1, 0.15) is 17.2 Å². The van der Waals surface area contributed by atoms with Crippen LogP contribution < -0.4 is 14.8 Å². The standard InChI is InChI=1S/C29H26N2O4/c1-34-24-16-10-21(11-17-24)30-18-25-28(19-6-12-22(32)13-7-19)31-26-4-2-3-5-27(26)35-29(25)20-8-14-23(33)15-9-20/h2-17,25,29-30,32-33H,18H2,1H3. The summed E-state index contributed by atoms with van der Waals surface area (Å²) in [6, 6.07) is 29.6. The molecule has 2 unspecified atom stereocenters. The van der Waals surface area contributed by atoms with Gasteiger partial charge in [-0.1, -0.05) is 24.3 Å². The number of benzene rings is 4. The van der Waals surface area contributed by atoms with E-state index in [1.54, 1.807) is 31.4 Å². The highest BCUT2D eigenvalue weighted by Crippen LogP contribution is 2.41. The van der Waals surface area contributed by atoms with Gasteiger partial charge in [-0.3, -0.25) is 0 Å². The minimum atomic E-state index is -0.377. The second kappa shape index (κ2) is 9.81. The maximum absolute atomic E-state index is 9.87. The summed E-state index contributed by atoms with van der Waals surface area (Å²) in [6.07, 6.45) is -0.377. The molecule has 35 heavy (non-hydrogen) atoms. The summed E-state index contributed by atoms with van der Waals surface area (Å²) in [5, 5.41) is 23.3. The van der Waals surface area contributed by atoms with Crippen molar-refractivity contribution in [1.82, 2.24) is 0 Å². The normalized spacial score (nSPS) is 16.9. The van der Waals surface area contributed by atoms with Crippen LogP contribution >= 0.6 is 0 Å². The summed E-state index contributed by atoms with van der Waals surface area (Å²) >= 11 is 0. The van der Waals surface area contributed by atoms with Crippen molar-refractivity contribution in [3.8, 4) is 23.0 Å². The van der Waals surface area contributed by atoms with E-state index in [0.29, 0.717) is 12.3 Å². The van der Waals surface area contributed by atoms with Gasteiger partial charge in [0.05, 0.1) is 18.7 Å². The van der Waals surface area contributed by atoms with Gasteiger partial charge in [0.1, 0.15) is 34.8 Å². The van der Waals surface area contributed by atoms with E-state index in [4.69, 9.17) is 14.5 Å². The third-order valence-corrected chi connectivity index (χ3v) is 6.08. The molecule has 0 amide bonds. The van der Waals surface area contributed by atoms with Crippen molar-refractivity contribution in [2.45, 2.75) is 6.10 Å². The quantitative estimate of drug-likeness (QED) is 0.320. The van der Waals surface area contributed by atoms with Crippen LogP contribution in [0.25, 0.3) is 0 Å². The number of ether oxygens (including phenoxy) is 2. The van der Waals surface area contributed by atoms with Gasteiger partial charge in [-0.15, -0.1) is 0 Å². The Hall–Kier alpha value is -4.45. The average Bonchev–Trinajstić information content (AvgIpc) is 3.06. The lowest BCUT2D eigenvalue weighted by Crippen LogP contribution is -2.32. The van der Waals surface area contributed by atoms with Crippen LogP contribution in [0.2, 0.25) is 0 Å². The van der Waals surface area contributed by atoms with Crippen LogP contribution in [0.5, 0.6) is 23.0 Å². The number of phenolic OH excluding ortho intramolecular Hbond substituents is 2. The van der Waals surface area contributed by atoms with E-state index in [1.165, 1.54) is 0 Å². The first-order chi connectivity index (χ1) is 17.1. The lowest BCUT2D eigenvalue weighted by molar-refractivity contribution is 0.176. The highest BCUT2D eigenvalue weighted by atomic mass is 16.5. The number of hydrogen-bond donors (Lipinski definition) is 3. The zero-order valence-corrected chi connectivity index (χ0v) is 19.3. The molecule has 1 aliphatic heterocycles. The van der Waals surface area contributed by atoms with Crippen molar-refractivity contribution in [3.63, 3.8) is 0 Å². The molecular weight excluding hydrogens is 440 g/mol. The number of para-hydroxylation sites is 2. The second-order valence-corrected chi connectivity index (χ2v) is 8.36. The predicted molar refractivity (Wildman–Crippen MR) is 137 cm³/mol. The Kier molecular flexibility index (Phi) is 6.26. The molecule has 5 rings (SSSR count). The Bertz CT molecular complexity index is 1320. The number of rotatable bonds is 6. The van der Waals surface area contributed by atoms with E-state index in [0.717, 1.165) is 34.0 Å². The molecule has 176 valence electrons. The van der Waals surface area contributed by atoms with Crippen LogP contribution in [-0.2, 0) is 0 Å². The lowest BCUT2D eigenvalue weighted by atomic mass is 9.87. The number of aromatic hydroxyl groups is 2. The van der Waals surface area contributed by atoms with Crippen LogP contribution in [0.3, 0.4) is 0 Å². The average molecular weight is 467 g/mol. The third kappa shape index (κ3) is 4.92. The van der Waals surface area contributed by atoms with Crippen LogP contribution in [0.4, 0.5) is 11.4 Å². The van der Waals surface area contributed by atoms with E-state index >= 15 is 0 Å². The molecule has 2 atom stereocenters. The first-order valence-corrected chi connectivity index (χ1v) is 11.4. The van der Waals surface area contributed by atoms with Crippen LogP contribution in [0.15, 0.2) is 102 Å². The van der Waals surface area contributed by atoms with Crippen LogP contribution in [0, 0.1) is 5.92 Å². The smallest absolute Gasteiger partial charge is 0.145 e. The van der Waals surface area contributed by atoms with Crippen molar-refractivity contribution in [1.29, 1.82) is 0 Å². The number of anilines is 1. The highest BCUT2D eigenvalue weighted by Gasteiger charge is 2.33. The topological polar surface area (TPSA) is 83.3 Å². The minimum Gasteiger partial charge on any atom is -0.508 e. The number of nitrogens with one attached hydrogen (secondary N) is 1. The molecule has 0 aromatic heterocycles. The SMILES string of the molecule is COc1ccc(NCC2C(c3ccc(O)cc3)=Nc3ccccc3OC2c2ccc(O)cc2)cc1. The molecule has 0 saturated carbocycles. The largest absolute Gasteiger partial charge is 0.508 e. The fourth-order valence-corrected chi connectivity index (χ4v) is 4.24. The minimum absolute atomic E-state index is 0.196. The number of aliphatic imine (C=N–C) groups is 1. The molecule has 0 bridgehead atoms. The van der Waals surface area contributed by atoms with Crippen molar-refractivity contribution in [3.05, 3.63) is 108 Å². The molecule has 6 nitrogen and oxygen atoms in total. The molecule has 0 aliphatic carbocycles. The van der Waals surface area contributed by atoms with Gasteiger partial charge in [0.2, 0.25) is 0 Å². The Morgan fingerprint density at radius 1 is 0.829 bits per heavy atom. The number of phenols is 2. The summed E-state index contributed by atoms with van der Waals surface area (Å²) in [5.41, 5.74) is 4.35. The molecule has 0 saturated heterocycles. The van der Waals surface area contributed by atoms with Gasteiger partial charge in [0.25, 0.3) is 0 Å². The Balaban J connectivity index is 1.59.